The fourth-order valence-corrected chi connectivity index (χ4v) is 3.02. The number of hydrogen-bond acceptors (Lipinski definition) is 3. The number of hydrogen-bond donors (Lipinski definition) is 1. The maximum absolute atomic E-state index is 4.39. The number of nitrogens with one attached hydrogen (secondary N) is 1. The Morgan fingerprint density at radius 3 is 2.76 bits per heavy atom. The van der Waals surface area contributed by atoms with Gasteiger partial charge < -0.3 is 15.1 Å². The van der Waals surface area contributed by atoms with Crippen molar-refractivity contribution < 1.29 is 0 Å². The molecule has 0 bridgehead atoms. The van der Waals surface area contributed by atoms with E-state index in [-0.39, 0.29) is 0 Å². The Morgan fingerprint density at radius 1 is 1.28 bits per heavy atom. The van der Waals surface area contributed by atoms with Crippen LogP contribution in [0.15, 0.2) is 53.8 Å². The molecule has 0 saturated carbocycles. The number of guanidine groups is 1. The van der Waals surface area contributed by atoms with Gasteiger partial charge in [0, 0.05) is 64.8 Å². The van der Waals surface area contributed by atoms with Crippen LogP contribution in [0.25, 0.3) is 0 Å². The lowest BCUT2D eigenvalue weighted by atomic mass is 10.2. The molecule has 0 aliphatic carbocycles. The smallest absolute Gasteiger partial charge is 0.193 e. The van der Waals surface area contributed by atoms with Gasteiger partial charge in [-0.3, -0.25) is 9.67 Å². The van der Waals surface area contributed by atoms with E-state index in [0.717, 1.165) is 37.7 Å². The Kier molecular flexibility index (Phi) is 5.38. The van der Waals surface area contributed by atoms with Gasteiger partial charge in [-0.25, -0.2) is 0 Å². The van der Waals surface area contributed by atoms with Crippen LogP contribution in [0.3, 0.4) is 0 Å². The maximum Gasteiger partial charge on any atom is 0.193 e. The van der Waals surface area contributed by atoms with Crippen LogP contribution in [0.5, 0.6) is 0 Å². The lowest BCUT2D eigenvalue weighted by Crippen LogP contribution is -2.38. The van der Waals surface area contributed by atoms with Crippen LogP contribution in [0, 0.1) is 0 Å². The van der Waals surface area contributed by atoms with Gasteiger partial charge in [0.15, 0.2) is 5.96 Å². The van der Waals surface area contributed by atoms with Gasteiger partial charge in [0.05, 0.1) is 6.20 Å². The zero-order chi connectivity index (χ0) is 17.6. The summed E-state index contributed by atoms with van der Waals surface area (Å²) in [5.74, 6) is 0.872. The molecule has 2 heterocycles. The zero-order valence-electron chi connectivity index (χ0n) is 15.2. The highest BCUT2D eigenvalue weighted by molar-refractivity contribution is 5.79. The van der Waals surface area contributed by atoms with E-state index >= 15 is 0 Å². The molecule has 1 aliphatic heterocycles. The minimum absolute atomic E-state index is 0.749. The van der Waals surface area contributed by atoms with Crippen LogP contribution >= 0.6 is 0 Å². The Balaban J connectivity index is 1.58. The number of nitrogens with zero attached hydrogens (tertiary/aromatic N) is 5. The van der Waals surface area contributed by atoms with Crippen LogP contribution in [0.2, 0.25) is 0 Å². The average Bonchev–Trinajstić information content (AvgIpc) is 3.28. The molecular weight excluding hydrogens is 312 g/mol. The first-order chi connectivity index (χ1) is 12.2. The minimum Gasteiger partial charge on any atom is -0.364 e. The molecule has 2 aromatic rings. The van der Waals surface area contributed by atoms with Crippen molar-refractivity contribution >= 4 is 11.6 Å². The fourth-order valence-electron chi connectivity index (χ4n) is 3.02. The third-order valence-corrected chi connectivity index (χ3v) is 4.30. The van der Waals surface area contributed by atoms with E-state index in [2.05, 4.69) is 61.6 Å². The largest absolute Gasteiger partial charge is 0.364 e. The summed E-state index contributed by atoms with van der Waals surface area (Å²) >= 11 is 0. The summed E-state index contributed by atoms with van der Waals surface area (Å²) in [6, 6.07) is 8.68. The lowest BCUT2D eigenvalue weighted by molar-refractivity contribution is 0.476. The van der Waals surface area contributed by atoms with Crippen LogP contribution in [0.4, 0.5) is 5.69 Å². The summed E-state index contributed by atoms with van der Waals surface area (Å²) in [4.78, 5) is 8.85. The monoisotopic (exact) mass is 338 g/mol. The Morgan fingerprint density at radius 2 is 2.08 bits per heavy atom. The molecule has 3 rings (SSSR count). The van der Waals surface area contributed by atoms with Crippen LogP contribution in [-0.4, -0.2) is 47.8 Å². The summed E-state index contributed by atoms with van der Waals surface area (Å²) in [6.07, 6.45) is 8.33. The molecule has 1 aliphatic rings. The SMILES string of the molecule is CN=C(NCc1cccc(N2CC=CC2)c1)N(C)Cc1cnn(C)c1. The number of aryl methyl sites for hydroxylation is 1. The molecular formula is C19H26N6. The van der Waals surface area contributed by atoms with E-state index in [1.807, 2.05) is 38.2 Å². The number of aliphatic imine (C=N–C) groups is 1. The van der Waals surface area contributed by atoms with Crippen LogP contribution in [-0.2, 0) is 20.1 Å². The first kappa shape index (κ1) is 17.1. The van der Waals surface area contributed by atoms with E-state index in [9.17, 15) is 0 Å². The van der Waals surface area contributed by atoms with Crippen molar-refractivity contribution in [1.29, 1.82) is 0 Å². The molecule has 0 fully saturated rings. The second kappa shape index (κ2) is 7.88. The van der Waals surface area contributed by atoms with Crippen molar-refractivity contribution in [2.45, 2.75) is 13.1 Å². The van der Waals surface area contributed by atoms with Crippen molar-refractivity contribution in [3.8, 4) is 0 Å². The Bertz CT molecular complexity index is 753. The van der Waals surface area contributed by atoms with Crippen molar-refractivity contribution in [1.82, 2.24) is 20.0 Å². The molecule has 6 nitrogen and oxygen atoms in total. The van der Waals surface area contributed by atoms with E-state index in [4.69, 9.17) is 0 Å². The summed E-state index contributed by atoms with van der Waals surface area (Å²) in [5.41, 5.74) is 3.68. The average molecular weight is 338 g/mol. The highest BCUT2D eigenvalue weighted by Crippen LogP contribution is 2.18. The van der Waals surface area contributed by atoms with Gasteiger partial charge in [-0.2, -0.15) is 5.10 Å². The fraction of sp³-hybridized carbons (Fsp3) is 0.368. The van der Waals surface area contributed by atoms with Crippen molar-refractivity contribution in [2.24, 2.45) is 12.0 Å². The molecule has 0 atom stereocenters. The highest BCUT2D eigenvalue weighted by Gasteiger charge is 2.10. The molecule has 1 aromatic carbocycles. The highest BCUT2D eigenvalue weighted by atomic mass is 15.3. The lowest BCUT2D eigenvalue weighted by Gasteiger charge is -2.22. The minimum atomic E-state index is 0.749. The summed E-state index contributed by atoms with van der Waals surface area (Å²) in [6.45, 7) is 3.50. The van der Waals surface area contributed by atoms with E-state index in [1.165, 1.54) is 11.3 Å². The molecule has 6 heteroatoms. The topological polar surface area (TPSA) is 48.7 Å². The third kappa shape index (κ3) is 4.41. The summed E-state index contributed by atoms with van der Waals surface area (Å²) < 4.78 is 1.82. The summed E-state index contributed by atoms with van der Waals surface area (Å²) in [7, 11) is 5.78. The van der Waals surface area contributed by atoms with E-state index in [0.29, 0.717) is 0 Å². The number of rotatable bonds is 5. The van der Waals surface area contributed by atoms with Crippen molar-refractivity contribution in [3.05, 3.63) is 59.9 Å². The molecule has 0 radical (unpaired) electrons. The molecule has 0 spiro atoms. The Hall–Kier alpha value is -2.76. The first-order valence-corrected chi connectivity index (χ1v) is 8.54. The second-order valence-electron chi connectivity index (χ2n) is 6.33. The standard InChI is InChI=1S/C19H26N6/c1-20-19(23(2)14-17-13-22-24(3)15-17)21-12-16-7-6-8-18(11-16)25-9-4-5-10-25/h4-8,11,13,15H,9-10,12,14H2,1-3H3,(H,20,21). The van der Waals surface area contributed by atoms with Crippen LogP contribution in [0.1, 0.15) is 11.1 Å². The quantitative estimate of drug-likeness (QED) is 0.515. The van der Waals surface area contributed by atoms with Gasteiger partial charge in [0.25, 0.3) is 0 Å². The Labute approximate surface area is 149 Å². The zero-order valence-corrected chi connectivity index (χ0v) is 15.2. The molecule has 132 valence electrons. The van der Waals surface area contributed by atoms with Gasteiger partial charge in [-0.15, -0.1) is 0 Å². The van der Waals surface area contributed by atoms with Gasteiger partial charge in [0.1, 0.15) is 0 Å². The molecule has 25 heavy (non-hydrogen) atoms. The molecule has 0 amide bonds. The van der Waals surface area contributed by atoms with E-state index in [1.54, 1.807) is 0 Å². The normalized spacial score (nSPS) is 14.2. The second-order valence-corrected chi connectivity index (χ2v) is 6.33. The summed E-state index contributed by atoms with van der Waals surface area (Å²) in [5, 5.41) is 7.66. The van der Waals surface area contributed by atoms with Crippen molar-refractivity contribution in [2.75, 3.05) is 32.1 Å². The van der Waals surface area contributed by atoms with E-state index < -0.39 is 0 Å². The predicted octanol–water partition coefficient (Wildman–Crippen LogP) is 2.00. The van der Waals surface area contributed by atoms with Crippen molar-refractivity contribution in [3.63, 3.8) is 0 Å². The van der Waals surface area contributed by atoms with Gasteiger partial charge in [-0.1, -0.05) is 24.3 Å². The predicted molar refractivity (Wildman–Crippen MR) is 103 cm³/mol. The molecule has 1 N–H and O–H groups in total. The van der Waals surface area contributed by atoms with Gasteiger partial charge >= 0.3 is 0 Å². The first-order valence-electron chi connectivity index (χ1n) is 8.54. The molecule has 1 aromatic heterocycles. The number of aromatic nitrogens is 2. The third-order valence-electron chi connectivity index (χ3n) is 4.30. The van der Waals surface area contributed by atoms with Gasteiger partial charge in [-0.05, 0) is 17.7 Å². The van der Waals surface area contributed by atoms with Crippen LogP contribution < -0.4 is 10.2 Å². The number of anilines is 1. The van der Waals surface area contributed by atoms with Gasteiger partial charge in [0.2, 0.25) is 0 Å². The maximum atomic E-state index is 4.39. The number of benzene rings is 1. The molecule has 0 saturated heterocycles. The molecule has 0 unspecified atom stereocenters.